The number of benzene rings is 1. The summed E-state index contributed by atoms with van der Waals surface area (Å²) in [6, 6.07) is 8.72. The highest BCUT2D eigenvalue weighted by atomic mass is 15.3. The molecule has 0 saturated heterocycles. The van der Waals surface area contributed by atoms with Crippen LogP contribution in [-0.2, 0) is 7.05 Å². The first kappa shape index (κ1) is 12.4. The lowest BCUT2D eigenvalue weighted by atomic mass is 9.80. The van der Waals surface area contributed by atoms with Crippen molar-refractivity contribution >= 4 is 0 Å². The summed E-state index contributed by atoms with van der Waals surface area (Å²) in [5, 5.41) is 0. The predicted molar refractivity (Wildman–Crippen MR) is 75.4 cm³/mol. The Morgan fingerprint density at radius 2 is 2.05 bits per heavy atom. The summed E-state index contributed by atoms with van der Waals surface area (Å²) < 4.78 is 1.99. The molecule has 1 aliphatic rings. The molecule has 1 heterocycles. The van der Waals surface area contributed by atoms with Crippen LogP contribution in [0.1, 0.15) is 48.2 Å². The van der Waals surface area contributed by atoms with Gasteiger partial charge in [-0.15, -0.1) is 0 Å². The quantitative estimate of drug-likeness (QED) is 0.651. The molecule has 1 aromatic carbocycles. The van der Waals surface area contributed by atoms with Crippen molar-refractivity contribution < 1.29 is 0 Å². The van der Waals surface area contributed by atoms with Gasteiger partial charge < -0.3 is 4.57 Å². The zero-order chi connectivity index (χ0) is 13.2. The van der Waals surface area contributed by atoms with Gasteiger partial charge in [0.25, 0.3) is 0 Å². The Morgan fingerprint density at radius 1 is 1.32 bits per heavy atom. The zero-order valence-corrected chi connectivity index (χ0v) is 11.2. The number of aryl methyl sites for hydroxylation is 1. The summed E-state index contributed by atoms with van der Waals surface area (Å²) in [7, 11) is 1.98. The van der Waals surface area contributed by atoms with E-state index in [1.165, 1.54) is 24.8 Å². The Balaban J connectivity index is 1.85. The third kappa shape index (κ3) is 2.29. The molecule has 0 amide bonds. The van der Waals surface area contributed by atoms with Crippen LogP contribution in [0.3, 0.4) is 0 Å². The minimum absolute atomic E-state index is 0.0598. The standard InChI is InChI=1S/C15H20N4/c1-19-10-9-17-15(19)14(18-16)13-7-5-12(6-8-13)11-3-2-4-11/h5-11,14,18H,2-4,16H2,1H3. The van der Waals surface area contributed by atoms with Crippen molar-refractivity contribution in [3.8, 4) is 0 Å². The number of hydrogen-bond donors (Lipinski definition) is 2. The van der Waals surface area contributed by atoms with Crippen molar-refractivity contribution in [1.82, 2.24) is 15.0 Å². The van der Waals surface area contributed by atoms with E-state index in [1.54, 1.807) is 6.20 Å². The molecular weight excluding hydrogens is 236 g/mol. The van der Waals surface area contributed by atoms with Gasteiger partial charge in [0.2, 0.25) is 0 Å². The van der Waals surface area contributed by atoms with Gasteiger partial charge in [-0.2, -0.15) is 0 Å². The average Bonchev–Trinajstić information content (AvgIpc) is 2.77. The van der Waals surface area contributed by atoms with Crippen LogP contribution in [0, 0.1) is 0 Å². The Labute approximate surface area is 113 Å². The maximum atomic E-state index is 5.70. The first-order chi connectivity index (χ1) is 9.29. The number of nitrogens with two attached hydrogens (primary N) is 1. The summed E-state index contributed by atoms with van der Waals surface area (Å²) in [5.41, 5.74) is 5.46. The normalized spacial score (nSPS) is 17.2. The fourth-order valence-electron chi connectivity index (χ4n) is 2.68. The third-order valence-electron chi connectivity index (χ3n) is 4.13. The first-order valence-corrected chi connectivity index (χ1v) is 6.83. The molecule has 4 nitrogen and oxygen atoms in total. The molecule has 0 aliphatic heterocycles. The van der Waals surface area contributed by atoms with Crippen LogP contribution in [-0.4, -0.2) is 9.55 Å². The van der Waals surface area contributed by atoms with Crippen molar-refractivity contribution in [2.75, 3.05) is 0 Å². The van der Waals surface area contributed by atoms with E-state index in [0.29, 0.717) is 0 Å². The van der Waals surface area contributed by atoms with E-state index in [9.17, 15) is 0 Å². The molecular formula is C15H20N4. The molecule has 1 aromatic heterocycles. The van der Waals surface area contributed by atoms with Crippen molar-refractivity contribution in [3.63, 3.8) is 0 Å². The molecule has 19 heavy (non-hydrogen) atoms. The molecule has 2 aromatic rings. The maximum Gasteiger partial charge on any atom is 0.131 e. The minimum Gasteiger partial charge on any atom is -0.336 e. The van der Waals surface area contributed by atoms with Crippen LogP contribution in [0.5, 0.6) is 0 Å². The zero-order valence-electron chi connectivity index (χ0n) is 11.2. The lowest BCUT2D eigenvalue weighted by Gasteiger charge is -2.26. The molecule has 1 atom stereocenters. The van der Waals surface area contributed by atoms with Gasteiger partial charge in [0, 0.05) is 19.4 Å². The van der Waals surface area contributed by atoms with Crippen LogP contribution in [0.25, 0.3) is 0 Å². The molecule has 3 N–H and O–H groups in total. The highest BCUT2D eigenvalue weighted by Crippen LogP contribution is 2.36. The second-order valence-corrected chi connectivity index (χ2v) is 5.29. The highest BCUT2D eigenvalue weighted by molar-refractivity contribution is 5.31. The van der Waals surface area contributed by atoms with Gasteiger partial charge >= 0.3 is 0 Å². The molecule has 4 heteroatoms. The van der Waals surface area contributed by atoms with Crippen LogP contribution in [0.4, 0.5) is 0 Å². The number of hydrogen-bond acceptors (Lipinski definition) is 3. The largest absolute Gasteiger partial charge is 0.336 e. The summed E-state index contributed by atoms with van der Waals surface area (Å²) in [6.45, 7) is 0. The van der Waals surface area contributed by atoms with E-state index in [4.69, 9.17) is 5.84 Å². The van der Waals surface area contributed by atoms with Crippen molar-refractivity contribution in [3.05, 3.63) is 53.6 Å². The fourth-order valence-corrected chi connectivity index (χ4v) is 2.68. The molecule has 1 aliphatic carbocycles. The van der Waals surface area contributed by atoms with Gasteiger partial charge in [-0.1, -0.05) is 30.7 Å². The van der Waals surface area contributed by atoms with E-state index >= 15 is 0 Å². The number of rotatable bonds is 4. The summed E-state index contributed by atoms with van der Waals surface area (Å²) >= 11 is 0. The number of hydrazine groups is 1. The van der Waals surface area contributed by atoms with Crippen LogP contribution in [0.15, 0.2) is 36.7 Å². The molecule has 1 saturated carbocycles. The predicted octanol–water partition coefficient (Wildman–Crippen LogP) is 2.24. The Morgan fingerprint density at radius 3 is 2.53 bits per heavy atom. The van der Waals surface area contributed by atoms with Crippen LogP contribution in [0.2, 0.25) is 0 Å². The number of aromatic nitrogens is 2. The summed E-state index contributed by atoms with van der Waals surface area (Å²) in [5.74, 6) is 7.40. The molecule has 0 spiro atoms. The third-order valence-corrected chi connectivity index (χ3v) is 4.13. The molecule has 1 fully saturated rings. The van der Waals surface area contributed by atoms with Gasteiger partial charge in [0.15, 0.2) is 0 Å². The van der Waals surface area contributed by atoms with E-state index in [-0.39, 0.29) is 6.04 Å². The summed E-state index contributed by atoms with van der Waals surface area (Å²) in [6.07, 6.45) is 7.76. The Kier molecular flexibility index (Phi) is 3.36. The van der Waals surface area contributed by atoms with Crippen LogP contribution >= 0.6 is 0 Å². The Hall–Kier alpha value is -1.65. The summed E-state index contributed by atoms with van der Waals surface area (Å²) in [4.78, 5) is 4.37. The minimum atomic E-state index is -0.0598. The molecule has 0 radical (unpaired) electrons. The van der Waals surface area contributed by atoms with Gasteiger partial charge in [-0.25, -0.2) is 10.4 Å². The lowest BCUT2D eigenvalue weighted by Crippen LogP contribution is -2.30. The van der Waals surface area contributed by atoms with E-state index in [1.807, 2.05) is 17.8 Å². The maximum absolute atomic E-state index is 5.70. The average molecular weight is 256 g/mol. The molecule has 100 valence electrons. The van der Waals surface area contributed by atoms with E-state index < -0.39 is 0 Å². The molecule has 1 unspecified atom stereocenters. The van der Waals surface area contributed by atoms with E-state index in [2.05, 4.69) is 34.7 Å². The van der Waals surface area contributed by atoms with Crippen LogP contribution < -0.4 is 11.3 Å². The number of nitrogens with zero attached hydrogens (tertiary/aromatic N) is 2. The van der Waals surface area contributed by atoms with E-state index in [0.717, 1.165) is 17.3 Å². The second-order valence-electron chi connectivity index (χ2n) is 5.29. The highest BCUT2D eigenvalue weighted by Gasteiger charge is 2.21. The van der Waals surface area contributed by atoms with Gasteiger partial charge in [-0.05, 0) is 29.9 Å². The smallest absolute Gasteiger partial charge is 0.131 e. The second kappa shape index (κ2) is 5.15. The monoisotopic (exact) mass is 256 g/mol. The number of nitrogens with one attached hydrogen (secondary N) is 1. The first-order valence-electron chi connectivity index (χ1n) is 6.83. The van der Waals surface area contributed by atoms with Crippen molar-refractivity contribution in [2.45, 2.75) is 31.2 Å². The van der Waals surface area contributed by atoms with Crippen molar-refractivity contribution in [2.24, 2.45) is 12.9 Å². The molecule has 3 rings (SSSR count). The molecule has 0 bridgehead atoms. The van der Waals surface area contributed by atoms with Crippen molar-refractivity contribution in [1.29, 1.82) is 0 Å². The number of imidazole rings is 1. The fraction of sp³-hybridized carbons (Fsp3) is 0.400. The Bertz CT molecular complexity index is 540. The SMILES string of the molecule is Cn1ccnc1C(NN)c1ccc(C2CCC2)cc1. The van der Waals surface area contributed by atoms with Gasteiger partial charge in [0.1, 0.15) is 11.9 Å². The van der Waals surface area contributed by atoms with Gasteiger partial charge in [0.05, 0.1) is 0 Å². The topological polar surface area (TPSA) is 55.9 Å². The lowest BCUT2D eigenvalue weighted by molar-refractivity contribution is 0.419. The van der Waals surface area contributed by atoms with Gasteiger partial charge in [-0.3, -0.25) is 5.84 Å².